The molecule has 0 spiro atoms. The highest BCUT2D eigenvalue weighted by atomic mass is 19.1. The molecular weight excluding hydrogens is 381 g/mol. The molecule has 0 radical (unpaired) electrons. The van der Waals surface area contributed by atoms with E-state index < -0.39 is 22.6 Å². The van der Waals surface area contributed by atoms with E-state index >= 15 is 0 Å². The fourth-order valence-corrected chi connectivity index (χ4v) is 2.34. The van der Waals surface area contributed by atoms with Crippen molar-refractivity contribution in [3.8, 4) is 0 Å². The molecule has 146 valence electrons. The number of benzene rings is 2. The molecule has 0 bridgehead atoms. The van der Waals surface area contributed by atoms with Crippen LogP contribution in [0.25, 0.3) is 6.08 Å². The normalized spacial score (nSPS) is 11.0. The predicted octanol–water partition coefficient (Wildman–Crippen LogP) is 3.74. The molecule has 0 atom stereocenters. The molecule has 0 aliphatic rings. The number of hydrogen-bond acceptors (Lipinski definition) is 5. The summed E-state index contributed by atoms with van der Waals surface area (Å²) >= 11 is 0. The van der Waals surface area contributed by atoms with E-state index in [4.69, 9.17) is 4.42 Å². The summed E-state index contributed by atoms with van der Waals surface area (Å²) in [4.78, 5) is 35.1. The lowest BCUT2D eigenvalue weighted by molar-refractivity contribution is -0.384. The monoisotopic (exact) mass is 395 g/mol. The molecule has 0 saturated carbocycles. The van der Waals surface area contributed by atoms with E-state index in [1.807, 2.05) is 0 Å². The van der Waals surface area contributed by atoms with E-state index in [2.05, 4.69) is 10.6 Å². The maximum atomic E-state index is 13.1. The fraction of sp³-hybridized carbons (Fsp3) is 0. The van der Waals surface area contributed by atoms with Crippen LogP contribution in [0.4, 0.5) is 15.8 Å². The second-order valence-electron chi connectivity index (χ2n) is 5.80. The van der Waals surface area contributed by atoms with Gasteiger partial charge in [-0.15, -0.1) is 0 Å². The van der Waals surface area contributed by atoms with E-state index in [0.717, 1.165) is 0 Å². The van der Waals surface area contributed by atoms with Crippen LogP contribution in [-0.2, 0) is 4.79 Å². The Balaban J connectivity index is 1.84. The van der Waals surface area contributed by atoms with Crippen molar-refractivity contribution in [2.24, 2.45) is 0 Å². The molecule has 0 fully saturated rings. The van der Waals surface area contributed by atoms with Gasteiger partial charge in [-0.3, -0.25) is 19.7 Å². The van der Waals surface area contributed by atoms with Gasteiger partial charge in [-0.2, -0.15) is 0 Å². The predicted molar refractivity (Wildman–Crippen MR) is 102 cm³/mol. The summed E-state index contributed by atoms with van der Waals surface area (Å²) in [6, 6.07) is 13.5. The van der Waals surface area contributed by atoms with Crippen LogP contribution < -0.4 is 10.6 Å². The number of nitro benzene ring substituents is 1. The Hall–Kier alpha value is -4.27. The highest BCUT2D eigenvalue weighted by Gasteiger charge is 2.17. The van der Waals surface area contributed by atoms with Crippen LogP contribution in [-0.4, -0.2) is 16.7 Å². The van der Waals surface area contributed by atoms with E-state index in [-0.39, 0.29) is 22.8 Å². The minimum absolute atomic E-state index is 0.00172. The summed E-state index contributed by atoms with van der Waals surface area (Å²) in [6.45, 7) is 0. The zero-order valence-corrected chi connectivity index (χ0v) is 14.8. The maximum absolute atomic E-state index is 13.1. The Kier molecular flexibility index (Phi) is 5.79. The molecule has 1 heterocycles. The van der Waals surface area contributed by atoms with Gasteiger partial charge in [0.25, 0.3) is 17.5 Å². The van der Waals surface area contributed by atoms with E-state index in [1.165, 1.54) is 73.0 Å². The number of halogens is 1. The van der Waals surface area contributed by atoms with E-state index in [9.17, 15) is 24.1 Å². The van der Waals surface area contributed by atoms with Gasteiger partial charge in [0, 0.05) is 17.8 Å². The highest BCUT2D eigenvalue weighted by Crippen LogP contribution is 2.17. The first-order valence-electron chi connectivity index (χ1n) is 8.30. The number of anilines is 1. The SMILES string of the molecule is O=C(Nc1ccc([N+](=O)[O-])cc1)C(=Cc1ccc(F)cc1)NC(=O)c1ccco1. The third kappa shape index (κ3) is 5.13. The minimum Gasteiger partial charge on any atom is -0.459 e. The summed E-state index contributed by atoms with van der Waals surface area (Å²) in [7, 11) is 0. The van der Waals surface area contributed by atoms with Crippen LogP contribution in [0.2, 0.25) is 0 Å². The fourth-order valence-electron chi connectivity index (χ4n) is 2.34. The molecule has 3 rings (SSSR count). The zero-order valence-electron chi connectivity index (χ0n) is 14.8. The molecule has 29 heavy (non-hydrogen) atoms. The van der Waals surface area contributed by atoms with Crippen molar-refractivity contribution >= 4 is 29.3 Å². The zero-order chi connectivity index (χ0) is 20.8. The molecule has 3 aromatic rings. The Labute approximate surface area is 163 Å². The van der Waals surface area contributed by atoms with Crippen molar-refractivity contribution < 1.29 is 23.3 Å². The Morgan fingerprint density at radius 2 is 1.72 bits per heavy atom. The number of hydrogen-bond donors (Lipinski definition) is 2. The Morgan fingerprint density at radius 1 is 1.03 bits per heavy atom. The number of amides is 2. The van der Waals surface area contributed by atoms with E-state index in [1.54, 1.807) is 0 Å². The molecule has 1 aromatic heterocycles. The average Bonchev–Trinajstić information content (AvgIpc) is 3.24. The van der Waals surface area contributed by atoms with Crippen LogP contribution in [0.15, 0.2) is 77.0 Å². The van der Waals surface area contributed by atoms with Gasteiger partial charge in [-0.1, -0.05) is 12.1 Å². The second-order valence-corrected chi connectivity index (χ2v) is 5.80. The molecule has 2 amide bonds. The topological polar surface area (TPSA) is 114 Å². The molecule has 2 aromatic carbocycles. The molecule has 2 N–H and O–H groups in total. The number of non-ortho nitro benzene ring substituents is 1. The first kappa shape index (κ1) is 19.5. The number of carbonyl (C=O) groups excluding carboxylic acids is 2. The molecular formula is C20H14FN3O5. The summed E-state index contributed by atoms with van der Waals surface area (Å²) in [5.74, 6) is -1.78. The van der Waals surface area contributed by atoms with Crippen molar-refractivity contribution in [2.75, 3.05) is 5.32 Å². The van der Waals surface area contributed by atoms with Crippen LogP contribution in [0.5, 0.6) is 0 Å². The number of nitro groups is 1. The van der Waals surface area contributed by atoms with Gasteiger partial charge in [0.05, 0.1) is 11.2 Å². The summed E-state index contributed by atoms with van der Waals surface area (Å²) in [5, 5.41) is 15.7. The lowest BCUT2D eigenvalue weighted by atomic mass is 10.1. The molecule has 0 aliphatic carbocycles. The summed E-state index contributed by atoms with van der Waals surface area (Å²) in [5.41, 5.74) is 0.505. The second kappa shape index (κ2) is 8.61. The lowest BCUT2D eigenvalue weighted by Crippen LogP contribution is -2.30. The minimum atomic E-state index is -0.678. The molecule has 0 saturated heterocycles. The number of nitrogens with zero attached hydrogens (tertiary/aromatic N) is 1. The van der Waals surface area contributed by atoms with Crippen molar-refractivity contribution in [2.45, 2.75) is 0 Å². The average molecular weight is 395 g/mol. The van der Waals surface area contributed by atoms with Crippen LogP contribution in [0.3, 0.4) is 0 Å². The quantitative estimate of drug-likeness (QED) is 0.375. The van der Waals surface area contributed by atoms with Gasteiger partial charge in [-0.05, 0) is 48.0 Å². The standard InChI is InChI=1S/C20H14FN3O5/c21-14-5-3-13(4-6-14)12-17(23-20(26)18-2-1-11-29-18)19(25)22-15-7-9-16(10-8-15)24(27)28/h1-12H,(H,22,25)(H,23,26). The number of furan rings is 1. The number of rotatable bonds is 6. The van der Waals surface area contributed by atoms with Gasteiger partial charge in [0.2, 0.25) is 0 Å². The first-order chi connectivity index (χ1) is 13.9. The van der Waals surface area contributed by atoms with Crippen LogP contribution in [0, 0.1) is 15.9 Å². The van der Waals surface area contributed by atoms with E-state index in [0.29, 0.717) is 5.56 Å². The Morgan fingerprint density at radius 3 is 2.31 bits per heavy atom. The van der Waals surface area contributed by atoms with Gasteiger partial charge >= 0.3 is 0 Å². The molecule has 9 heteroatoms. The van der Waals surface area contributed by atoms with Crippen LogP contribution >= 0.6 is 0 Å². The van der Waals surface area contributed by atoms with Gasteiger partial charge < -0.3 is 15.1 Å². The number of nitrogens with one attached hydrogen (secondary N) is 2. The Bertz CT molecular complexity index is 1060. The first-order valence-corrected chi connectivity index (χ1v) is 8.30. The van der Waals surface area contributed by atoms with Crippen molar-refractivity contribution in [1.82, 2.24) is 5.32 Å². The van der Waals surface area contributed by atoms with Crippen molar-refractivity contribution in [1.29, 1.82) is 0 Å². The summed E-state index contributed by atoms with van der Waals surface area (Å²) < 4.78 is 18.1. The molecule has 0 unspecified atom stereocenters. The van der Waals surface area contributed by atoms with Crippen molar-refractivity contribution in [3.05, 3.63) is 99.9 Å². The van der Waals surface area contributed by atoms with Gasteiger partial charge in [0.15, 0.2) is 5.76 Å². The summed E-state index contributed by atoms with van der Waals surface area (Å²) in [6.07, 6.45) is 2.68. The molecule has 0 aliphatic heterocycles. The lowest BCUT2D eigenvalue weighted by Gasteiger charge is -2.10. The number of carbonyl (C=O) groups is 2. The maximum Gasteiger partial charge on any atom is 0.291 e. The molecule has 8 nitrogen and oxygen atoms in total. The third-order valence-corrected chi connectivity index (χ3v) is 3.75. The van der Waals surface area contributed by atoms with Crippen molar-refractivity contribution in [3.63, 3.8) is 0 Å². The van der Waals surface area contributed by atoms with Gasteiger partial charge in [0.1, 0.15) is 11.5 Å². The smallest absolute Gasteiger partial charge is 0.291 e. The van der Waals surface area contributed by atoms with Crippen LogP contribution in [0.1, 0.15) is 16.1 Å². The highest BCUT2D eigenvalue weighted by molar-refractivity contribution is 6.10. The third-order valence-electron chi connectivity index (χ3n) is 3.75. The largest absolute Gasteiger partial charge is 0.459 e. The van der Waals surface area contributed by atoms with Gasteiger partial charge in [-0.25, -0.2) is 4.39 Å².